The summed E-state index contributed by atoms with van der Waals surface area (Å²) in [5.74, 6) is -5.97. The van der Waals surface area contributed by atoms with Crippen LogP contribution in [0.2, 0.25) is 0 Å². The molecule has 9 atom stereocenters. The zero-order valence-electron chi connectivity index (χ0n) is 24.4. The van der Waals surface area contributed by atoms with Crippen LogP contribution in [0.1, 0.15) is 52.9 Å². The fourth-order valence-electron chi connectivity index (χ4n) is 4.49. The molecule has 0 aliphatic carbocycles. The van der Waals surface area contributed by atoms with E-state index in [0.29, 0.717) is 19.4 Å². The van der Waals surface area contributed by atoms with Gasteiger partial charge in [0, 0.05) is 13.3 Å². The normalized spacial score (nSPS) is 24.6. The van der Waals surface area contributed by atoms with E-state index in [2.05, 4.69) is 10.6 Å². The Morgan fingerprint density at radius 2 is 1.63 bits per heavy atom. The smallest absolute Gasteiger partial charge is 0.332 e. The van der Waals surface area contributed by atoms with Crippen LogP contribution in [-0.2, 0) is 38.2 Å². The summed E-state index contributed by atoms with van der Waals surface area (Å²) in [7, 11) is 0. The minimum Gasteiger partial charge on any atom is -0.480 e. The Balaban J connectivity index is 3.03. The van der Waals surface area contributed by atoms with Crippen LogP contribution < -0.4 is 27.8 Å². The van der Waals surface area contributed by atoms with Crippen molar-refractivity contribution < 1.29 is 58.7 Å². The van der Waals surface area contributed by atoms with E-state index in [4.69, 9.17) is 26.7 Å². The lowest BCUT2D eigenvalue weighted by Gasteiger charge is -2.48. The number of ether oxygens (including phenoxy) is 2. The molecule has 18 nitrogen and oxygen atoms in total. The number of primary amides is 1. The van der Waals surface area contributed by atoms with Gasteiger partial charge in [0.1, 0.15) is 36.4 Å². The number of aliphatic hydroxyl groups excluding tert-OH is 2. The number of carboxylic acid groups (broad SMARTS) is 2. The molecule has 0 bridgehead atoms. The molecule has 18 heteroatoms. The minimum atomic E-state index is -1.58. The lowest BCUT2D eigenvalue weighted by Crippen LogP contribution is -2.70. The first kappa shape index (κ1) is 37.6. The van der Waals surface area contributed by atoms with E-state index >= 15 is 0 Å². The molecule has 0 radical (unpaired) electrons. The number of aliphatic carboxylic acids is 2. The number of carbonyl (C=O) groups is 6. The van der Waals surface area contributed by atoms with Crippen LogP contribution in [0.3, 0.4) is 0 Å². The number of unbranched alkanes of at least 4 members (excludes halogenated alkanes) is 1. The van der Waals surface area contributed by atoms with Gasteiger partial charge in [-0.15, -0.1) is 0 Å². The molecule has 1 heterocycles. The van der Waals surface area contributed by atoms with Gasteiger partial charge in [0.15, 0.2) is 12.3 Å². The monoisotopic (exact) mass is 620 g/mol. The molecule has 43 heavy (non-hydrogen) atoms. The first-order valence-corrected chi connectivity index (χ1v) is 13.8. The van der Waals surface area contributed by atoms with E-state index in [1.54, 1.807) is 0 Å². The second-order valence-corrected chi connectivity index (χ2v) is 10.2. The first-order valence-electron chi connectivity index (χ1n) is 13.8. The van der Waals surface area contributed by atoms with Crippen molar-refractivity contribution in [3.05, 3.63) is 0 Å². The standard InChI is InChI=1S/C25H44N6O12/c1-11(22(37)30-14(21(28)36)7-8-17(34)29-15(25(40)41)6-4-5-9-26)31(13(3)33)23-18(27)20(42-12(2)24(38)39)19(35)16(10-32)43-23/h11-12,14-16,18-20,23,32,35H,4-10,26-27H2,1-3H3,(H2,28,36)(H,29,34)(H,30,37)(H,38,39)(H,40,41)/t11-,12+,14-,15-,16+,18+,19+,20+,23?/m0/s1. The van der Waals surface area contributed by atoms with E-state index in [-0.39, 0.29) is 19.3 Å². The Morgan fingerprint density at radius 1 is 1.00 bits per heavy atom. The van der Waals surface area contributed by atoms with Gasteiger partial charge < -0.3 is 62.6 Å². The fourth-order valence-corrected chi connectivity index (χ4v) is 4.49. The third-order valence-corrected chi connectivity index (χ3v) is 6.96. The van der Waals surface area contributed by atoms with Crippen molar-refractivity contribution in [3.8, 4) is 0 Å². The summed E-state index contributed by atoms with van der Waals surface area (Å²) in [5.41, 5.74) is 17.0. The maximum absolute atomic E-state index is 13.2. The van der Waals surface area contributed by atoms with Gasteiger partial charge in [0.2, 0.25) is 23.6 Å². The molecule has 4 amide bonds. The predicted octanol–water partition coefficient (Wildman–Crippen LogP) is -4.06. The van der Waals surface area contributed by atoms with Crippen molar-refractivity contribution >= 4 is 35.6 Å². The number of carbonyl (C=O) groups excluding carboxylic acids is 4. The summed E-state index contributed by atoms with van der Waals surface area (Å²) in [4.78, 5) is 73.9. The summed E-state index contributed by atoms with van der Waals surface area (Å²) < 4.78 is 11.0. The van der Waals surface area contributed by atoms with Crippen molar-refractivity contribution in [2.45, 2.75) is 108 Å². The molecule has 0 spiro atoms. The van der Waals surface area contributed by atoms with E-state index in [0.717, 1.165) is 11.8 Å². The Bertz CT molecular complexity index is 1000. The van der Waals surface area contributed by atoms with Crippen molar-refractivity contribution in [1.29, 1.82) is 0 Å². The number of hydrogen-bond donors (Lipinski definition) is 9. The fraction of sp³-hybridized carbons (Fsp3) is 0.760. The van der Waals surface area contributed by atoms with Gasteiger partial charge in [-0.2, -0.15) is 0 Å². The number of rotatable bonds is 18. The molecule has 0 aromatic heterocycles. The molecule has 1 saturated heterocycles. The number of aliphatic hydroxyl groups is 2. The molecule has 1 aliphatic heterocycles. The van der Waals surface area contributed by atoms with Crippen LogP contribution in [0.15, 0.2) is 0 Å². The molecular formula is C25H44N6O12. The Morgan fingerprint density at radius 3 is 2.12 bits per heavy atom. The zero-order valence-corrected chi connectivity index (χ0v) is 24.4. The Hall–Kier alpha value is -3.42. The summed E-state index contributed by atoms with van der Waals surface area (Å²) in [5, 5.41) is 43.5. The number of nitrogens with zero attached hydrogens (tertiary/aromatic N) is 1. The molecule has 0 saturated carbocycles. The largest absolute Gasteiger partial charge is 0.480 e. The summed E-state index contributed by atoms with van der Waals surface area (Å²) >= 11 is 0. The molecule has 1 fully saturated rings. The molecule has 1 aliphatic rings. The molecule has 12 N–H and O–H groups in total. The van der Waals surface area contributed by atoms with Crippen LogP contribution in [0.5, 0.6) is 0 Å². The molecular weight excluding hydrogens is 576 g/mol. The Labute approximate surface area is 248 Å². The van der Waals surface area contributed by atoms with Gasteiger partial charge >= 0.3 is 11.9 Å². The summed E-state index contributed by atoms with van der Waals surface area (Å²) in [6.07, 6.45) is -6.78. The van der Waals surface area contributed by atoms with Crippen LogP contribution in [0, 0.1) is 0 Å². The van der Waals surface area contributed by atoms with Gasteiger partial charge in [0.05, 0.1) is 12.6 Å². The van der Waals surface area contributed by atoms with Gasteiger partial charge in [-0.1, -0.05) is 0 Å². The van der Waals surface area contributed by atoms with E-state index < -0.39 is 97.0 Å². The maximum atomic E-state index is 13.2. The van der Waals surface area contributed by atoms with Crippen LogP contribution >= 0.6 is 0 Å². The van der Waals surface area contributed by atoms with Crippen LogP contribution in [0.25, 0.3) is 0 Å². The Kier molecular flexibility index (Phi) is 15.4. The van der Waals surface area contributed by atoms with Crippen molar-refractivity contribution in [3.63, 3.8) is 0 Å². The molecule has 246 valence electrons. The predicted molar refractivity (Wildman–Crippen MR) is 147 cm³/mol. The van der Waals surface area contributed by atoms with Gasteiger partial charge in [0.25, 0.3) is 0 Å². The molecule has 1 unspecified atom stereocenters. The van der Waals surface area contributed by atoms with Crippen molar-refractivity contribution in [2.24, 2.45) is 17.2 Å². The number of nitrogens with one attached hydrogen (secondary N) is 2. The van der Waals surface area contributed by atoms with Crippen LogP contribution in [-0.4, -0.2) is 129 Å². The topological polar surface area (TPSA) is 307 Å². The third-order valence-electron chi connectivity index (χ3n) is 6.96. The highest BCUT2D eigenvalue weighted by Crippen LogP contribution is 2.27. The second-order valence-electron chi connectivity index (χ2n) is 10.2. The zero-order chi connectivity index (χ0) is 33.0. The average molecular weight is 621 g/mol. The van der Waals surface area contributed by atoms with Crippen molar-refractivity contribution in [1.82, 2.24) is 15.5 Å². The number of amides is 4. The highest BCUT2D eigenvalue weighted by molar-refractivity contribution is 5.91. The van der Waals surface area contributed by atoms with E-state index in [1.807, 2.05) is 0 Å². The first-order chi connectivity index (χ1) is 20.1. The summed E-state index contributed by atoms with van der Waals surface area (Å²) in [6, 6.07) is -5.34. The number of hydrogen-bond acceptors (Lipinski definition) is 12. The maximum Gasteiger partial charge on any atom is 0.332 e. The lowest BCUT2D eigenvalue weighted by atomic mass is 9.94. The quantitative estimate of drug-likeness (QED) is 0.0659. The highest BCUT2D eigenvalue weighted by atomic mass is 16.6. The highest BCUT2D eigenvalue weighted by Gasteiger charge is 2.49. The number of carboxylic acids is 2. The van der Waals surface area contributed by atoms with E-state index in [9.17, 15) is 49.2 Å². The van der Waals surface area contributed by atoms with Gasteiger partial charge in [-0.25, -0.2) is 9.59 Å². The van der Waals surface area contributed by atoms with Crippen molar-refractivity contribution in [2.75, 3.05) is 13.2 Å². The lowest BCUT2D eigenvalue weighted by molar-refractivity contribution is -0.245. The third kappa shape index (κ3) is 11.0. The summed E-state index contributed by atoms with van der Waals surface area (Å²) in [6.45, 7) is 3.13. The average Bonchev–Trinajstić information content (AvgIpc) is 2.93. The SMILES string of the molecule is CC(=O)N(C1O[C@H](CO)[C@@H](O)[C@H](O[C@H](C)C(=O)O)[C@H]1N)[C@@H](C)C(=O)N[C@@H](CCC(=O)N[C@@H](CCCCN)C(=O)O)C(N)=O. The van der Waals surface area contributed by atoms with Crippen LogP contribution in [0.4, 0.5) is 0 Å². The molecule has 0 aromatic carbocycles. The van der Waals surface area contributed by atoms with E-state index in [1.165, 1.54) is 13.8 Å². The molecule has 1 rings (SSSR count). The molecule has 0 aromatic rings. The van der Waals surface area contributed by atoms with Gasteiger partial charge in [-0.05, 0) is 46.1 Å². The minimum absolute atomic E-state index is 0.146. The van der Waals surface area contributed by atoms with Gasteiger partial charge in [-0.3, -0.25) is 19.2 Å². The second kappa shape index (κ2) is 17.6. The number of nitrogens with two attached hydrogens (primary N) is 3.